The van der Waals surface area contributed by atoms with Crippen molar-refractivity contribution in [1.29, 1.82) is 0 Å². The molecule has 1 saturated heterocycles. The fourth-order valence-electron chi connectivity index (χ4n) is 3.99. The number of nitrogens with zero attached hydrogens (tertiary/aromatic N) is 3. The third kappa shape index (κ3) is 5.02. The molecule has 0 atom stereocenters. The summed E-state index contributed by atoms with van der Waals surface area (Å²) in [5.74, 6) is 1.31. The average molecular weight is 434 g/mol. The molecule has 6 heteroatoms. The first-order valence-corrected chi connectivity index (χ1v) is 11.3. The maximum atomic E-state index is 13.2. The van der Waals surface area contributed by atoms with Crippen LogP contribution in [0.15, 0.2) is 53.1 Å². The first kappa shape index (κ1) is 22.1. The highest BCUT2D eigenvalue weighted by molar-refractivity contribution is 5.93. The highest BCUT2D eigenvalue weighted by atomic mass is 16.5. The molecule has 168 valence electrons. The van der Waals surface area contributed by atoms with E-state index in [2.05, 4.69) is 60.3 Å². The minimum absolute atomic E-state index is 0.0858. The van der Waals surface area contributed by atoms with Gasteiger partial charge in [0.25, 0.3) is 5.91 Å². The molecule has 2 heterocycles. The van der Waals surface area contributed by atoms with Crippen LogP contribution in [0.4, 0.5) is 0 Å². The number of ether oxygens (including phenoxy) is 1. The number of carbonyl (C=O) groups excluding carboxylic acids is 1. The van der Waals surface area contributed by atoms with E-state index in [9.17, 15) is 4.79 Å². The van der Waals surface area contributed by atoms with E-state index in [4.69, 9.17) is 9.26 Å². The summed E-state index contributed by atoms with van der Waals surface area (Å²) < 4.78 is 11.3. The first-order valence-electron chi connectivity index (χ1n) is 11.3. The normalized spacial score (nSPS) is 14.5. The van der Waals surface area contributed by atoms with E-state index < -0.39 is 0 Å². The van der Waals surface area contributed by atoms with Gasteiger partial charge in [0.1, 0.15) is 18.1 Å². The minimum atomic E-state index is -0.0858. The number of aromatic nitrogens is 1. The number of amides is 1. The van der Waals surface area contributed by atoms with Crippen LogP contribution in [0.25, 0.3) is 0 Å². The van der Waals surface area contributed by atoms with Crippen LogP contribution >= 0.6 is 0 Å². The van der Waals surface area contributed by atoms with Crippen molar-refractivity contribution < 1.29 is 14.1 Å². The maximum Gasteiger partial charge on any atom is 0.276 e. The number of piperazine rings is 1. The Balaban J connectivity index is 1.36. The van der Waals surface area contributed by atoms with E-state index in [0.29, 0.717) is 24.5 Å². The average Bonchev–Trinajstić information content (AvgIpc) is 3.19. The fraction of sp³-hybridized carbons (Fsp3) is 0.385. The fourth-order valence-corrected chi connectivity index (χ4v) is 3.99. The maximum absolute atomic E-state index is 13.2. The molecular weight excluding hydrogens is 402 g/mol. The molecule has 1 amide bonds. The lowest BCUT2D eigenvalue weighted by molar-refractivity contribution is 0.0616. The van der Waals surface area contributed by atoms with Crippen molar-refractivity contribution in [2.24, 2.45) is 0 Å². The Bertz CT molecular complexity index is 1050. The van der Waals surface area contributed by atoms with Crippen LogP contribution in [0.2, 0.25) is 0 Å². The molecule has 0 unspecified atom stereocenters. The Morgan fingerprint density at radius 2 is 1.75 bits per heavy atom. The van der Waals surface area contributed by atoms with E-state index in [0.717, 1.165) is 37.4 Å². The summed E-state index contributed by atoms with van der Waals surface area (Å²) in [5, 5.41) is 4.07. The number of rotatable bonds is 7. The molecule has 1 aliphatic heterocycles. The van der Waals surface area contributed by atoms with E-state index in [-0.39, 0.29) is 12.5 Å². The highest BCUT2D eigenvalue weighted by Crippen LogP contribution is 2.21. The Kier molecular flexibility index (Phi) is 6.90. The molecule has 4 rings (SSSR count). The van der Waals surface area contributed by atoms with Gasteiger partial charge in [-0.05, 0) is 49.1 Å². The van der Waals surface area contributed by atoms with Gasteiger partial charge in [0.05, 0.1) is 5.56 Å². The summed E-state index contributed by atoms with van der Waals surface area (Å²) in [6.45, 7) is 10.3. The SMILES string of the molecule is CCc1ccc(OCc2c(C(=O)N3CCN(Cc4ccccc4C)CC3)noc2C)cc1. The van der Waals surface area contributed by atoms with Crippen molar-refractivity contribution in [2.45, 2.75) is 40.3 Å². The first-order chi connectivity index (χ1) is 15.5. The summed E-state index contributed by atoms with van der Waals surface area (Å²) in [7, 11) is 0. The number of carbonyl (C=O) groups is 1. The molecule has 0 bridgehead atoms. The van der Waals surface area contributed by atoms with Gasteiger partial charge in [-0.25, -0.2) is 0 Å². The minimum Gasteiger partial charge on any atom is -0.489 e. The van der Waals surface area contributed by atoms with Gasteiger partial charge in [0.2, 0.25) is 0 Å². The second-order valence-corrected chi connectivity index (χ2v) is 8.35. The molecule has 32 heavy (non-hydrogen) atoms. The lowest BCUT2D eigenvalue weighted by atomic mass is 10.1. The van der Waals surface area contributed by atoms with Crippen molar-refractivity contribution in [3.63, 3.8) is 0 Å². The summed E-state index contributed by atoms with van der Waals surface area (Å²) in [6.07, 6.45) is 0.988. The largest absolute Gasteiger partial charge is 0.489 e. The van der Waals surface area contributed by atoms with Gasteiger partial charge in [0, 0.05) is 32.7 Å². The Morgan fingerprint density at radius 1 is 1.03 bits per heavy atom. The molecule has 0 aliphatic carbocycles. The molecule has 0 saturated carbocycles. The molecule has 3 aromatic rings. The van der Waals surface area contributed by atoms with Crippen LogP contribution in [0.3, 0.4) is 0 Å². The molecule has 1 fully saturated rings. The number of hydrogen-bond donors (Lipinski definition) is 0. The van der Waals surface area contributed by atoms with Crippen LogP contribution in [-0.2, 0) is 19.6 Å². The van der Waals surface area contributed by atoms with Gasteiger partial charge in [-0.1, -0.05) is 48.5 Å². The van der Waals surface area contributed by atoms with Gasteiger partial charge in [-0.3, -0.25) is 9.69 Å². The zero-order valence-electron chi connectivity index (χ0n) is 19.1. The monoisotopic (exact) mass is 433 g/mol. The summed E-state index contributed by atoms with van der Waals surface area (Å²) in [5.41, 5.74) is 4.98. The molecule has 0 N–H and O–H groups in total. The molecule has 0 radical (unpaired) electrons. The number of hydrogen-bond acceptors (Lipinski definition) is 5. The topological polar surface area (TPSA) is 58.8 Å². The quantitative estimate of drug-likeness (QED) is 0.553. The van der Waals surface area contributed by atoms with Gasteiger partial charge in [0.15, 0.2) is 5.69 Å². The van der Waals surface area contributed by atoms with Crippen molar-refractivity contribution in [1.82, 2.24) is 15.0 Å². The predicted octanol–water partition coefficient (Wildman–Crippen LogP) is 4.39. The van der Waals surface area contributed by atoms with E-state index in [1.165, 1.54) is 16.7 Å². The predicted molar refractivity (Wildman–Crippen MR) is 124 cm³/mol. The molecule has 0 spiro atoms. The smallest absolute Gasteiger partial charge is 0.276 e. The molecule has 1 aliphatic rings. The van der Waals surface area contributed by atoms with Crippen LogP contribution < -0.4 is 4.74 Å². The lowest BCUT2D eigenvalue weighted by Gasteiger charge is -2.34. The second-order valence-electron chi connectivity index (χ2n) is 8.35. The van der Waals surface area contributed by atoms with Crippen molar-refractivity contribution in [3.05, 3.63) is 82.2 Å². The van der Waals surface area contributed by atoms with Gasteiger partial charge >= 0.3 is 0 Å². The van der Waals surface area contributed by atoms with Crippen molar-refractivity contribution in [3.8, 4) is 5.75 Å². The van der Waals surface area contributed by atoms with Gasteiger partial charge in [-0.2, -0.15) is 0 Å². The van der Waals surface area contributed by atoms with Gasteiger partial charge < -0.3 is 14.2 Å². The molecular formula is C26H31N3O3. The molecule has 6 nitrogen and oxygen atoms in total. The van der Waals surface area contributed by atoms with Crippen molar-refractivity contribution >= 4 is 5.91 Å². The summed E-state index contributed by atoms with van der Waals surface area (Å²) in [4.78, 5) is 17.4. The Hall–Kier alpha value is -3.12. The Morgan fingerprint density at radius 3 is 2.44 bits per heavy atom. The standard InChI is InChI=1S/C26H31N3O3/c1-4-21-9-11-23(12-10-21)31-18-24-20(3)32-27-25(24)26(30)29-15-13-28(14-16-29)17-22-8-6-5-7-19(22)2/h5-12H,4,13-18H2,1-3H3. The van der Waals surface area contributed by atoms with Crippen LogP contribution in [0.1, 0.15) is 45.4 Å². The van der Waals surface area contributed by atoms with E-state index in [1.807, 2.05) is 24.0 Å². The molecule has 2 aromatic carbocycles. The van der Waals surface area contributed by atoms with E-state index >= 15 is 0 Å². The highest BCUT2D eigenvalue weighted by Gasteiger charge is 2.28. The van der Waals surface area contributed by atoms with Crippen LogP contribution in [-0.4, -0.2) is 47.0 Å². The zero-order chi connectivity index (χ0) is 22.5. The Labute approximate surface area is 189 Å². The number of benzene rings is 2. The van der Waals surface area contributed by atoms with E-state index in [1.54, 1.807) is 0 Å². The summed E-state index contributed by atoms with van der Waals surface area (Å²) >= 11 is 0. The van der Waals surface area contributed by atoms with Crippen LogP contribution in [0, 0.1) is 13.8 Å². The third-order valence-corrected chi connectivity index (χ3v) is 6.22. The zero-order valence-corrected chi connectivity index (χ0v) is 19.1. The third-order valence-electron chi connectivity index (χ3n) is 6.22. The van der Waals surface area contributed by atoms with Gasteiger partial charge in [-0.15, -0.1) is 0 Å². The van der Waals surface area contributed by atoms with Crippen molar-refractivity contribution in [2.75, 3.05) is 26.2 Å². The second kappa shape index (κ2) is 10.0. The number of aryl methyl sites for hydroxylation is 3. The lowest BCUT2D eigenvalue weighted by Crippen LogP contribution is -2.48. The van der Waals surface area contributed by atoms with Crippen LogP contribution in [0.5, 0.6) is 5.75 Å². The molecule has 1 aromatic heterocycles. The summed E-state index contributed by atoms with van der Waals surface area (Å²) in [6, 6.07) is 16.5.